The Labute approximate surface area is 157 Å². The number of thiophene rings is 1. The van der Waals surface area contributed by atoms with Crippen LogP contribution >= 0.6 is 22.9 Å². The third-order valence-electron chi connectivity index (χ3n) is 3.80. The van der Waals surface area contributed by atoms with E-state index < -0.39 is 0 Å². The number of aryl methyl sites for hydroxylation is 1. The summed E-state index contributed by atoms with van der Waals surface area (Å²) in [6, 6.07) is 5.79. The molecule has 0 fully saturated rings. The van der Waals surface area contributed by atoms with E-state index in [4.69, 9.17) is 0 Å². The maximum atomic E-state index is 12.4. The van der Waals surface area contributed by atoms with E-state index in [-0.39, 0.29) is 12.5 Å². The van der Waals surface area contributed by atoms with Gasteiger partial charge in [0.15, 0.2) is 11.5 Å². The Bertz CT molecular complexity index is 1040. The van der Waals surface area contributed by atoms with E-state index in [0.29, 0.717) is 16.3 Å². The van der Waals surface area contributed by atoms with Crippen LogP contribution in [0.25, 0.3) is 16.9 Å². The first-order valence-electron chi connectivity index (χ1n) is 8.09. The normalized spacial score (nSPS) is 11.1. The van der Waals surface area contributed by atoms with Gasteiger partial charge >= 0.3 is 0 Å². The second-order valence-electron chi connectivity index (χ2n) is 5.60. The lowest BCUT2D eigenvalue weighted by atomic mass is 10.2. The fraction of sp³-hybridized carbons (Fsp3) is 0.250. The van der Waals surface area contributed by atoms with Gasteiger partial charge in [0, 0.05) is 10.9 Å². The molecule has 0 saturated carbocycles. The largest absolute Gasteiger partial charge is 0.344 e. The number of carbonyl (C=O) groups is 1. The van der Waals surface area contributed by atoms with Crippen LogP contribution in [0.1, 0.15) is 34.5 Å². The van der Waals surface area contributed by atoms with E-state index in [2.05, 4.69) is 30.2 Å². The molecule has 1 amide bonds. The number of nitrogens with zero attached hydrogens (tertiary/aromatic N) is 6. The van der Waals surface area contributed by atoms with Gasteiger partial charge in [-0.25, -0.2) is 0 Å². The first-order chi connectivity index (χ1) is 12.8. The summed E-state index contributed by atoms with van der Waals surface area (Å²) in [5.74, 6) is 0.370. The van der Waals surface area contributed by atoms with Crippen molar-refractivity contribution in [1.29, 1.82) is 0 Å². The van der Waals surface area contributed by atoms with Gasteiger partial charge < -0.3 is 5.32 Å². The van der Waals surface area contributed by atoms with Crippen LogP contribution in [-0.2, 0) is 13.0 Å². The van der Waals surface area contributed by atoms with Crippen molar-refractivity contribution in [2.24, 2.45) is 0 Å². The molecule has 1 N–H and O–H groups in total. The van der Waals surface area contributed by atoms with E-state index in [1.165, 1.54) is 0 Å². The molecule has 0 atom stereocenters. The third-order valence-corrected chi connectivity index (χ3v) is 5.25. The Hall–Kier alpha value is -2.72. The molecule has 10 heteroatoms. The Morgan fingerprint density at radius 1 is 1.23 bits per heavy atom. The maximum Gasteiger partial charge on any atom is 0.265 e. The maximum absolute atomic E-state index is 12.4. The van der Waals surface area contributed by atoms with E-state index >= 15 is 0 Å². The van der Waals surface area contributed by atoms with Crippen LogP contribution < -0.4 is 5.32 Å². The summed E-state index contributed by atoms with van der Waals surface area (Å²) in [5.41, 5.74) is 3.25. The molecule has 26 heavy (non-hydrogen) atoms. The number of fused-ring (bicyclic) bond motifs is 1. The predicted molar refractivity (Wildman–Crippen MR) is 99.2 cm³/mol. The average Bonchev–Trinajstić information content (AvgIpc) is 3.40. The molecule has 0 aliphatic heterocycles. The number of aromatic nitrogens is 6. The number of rotatable bonds is 6. The molecule has 4 heterocycles. The van der Waals surface area contributed by atoms with Crippen molar-refractivity contribution in [3.63, 3.8) is 0 Å². The first kappa shape index (κ1) is 16.7. The molecular weight excluding hydrogens is 370 g/mol. The minimum absolute atomic E-state index is 0.200. The zero-order valence-electron chi connectivity index (χ0n) is 13.9. The molecule has 4 aromatic heterocycles. The predicted octanol–water partition coefficient (Wildman–Crippen LogP) is 2.59. The molecule has 4 aromatic rings. The number of carbonyl (C=O) groups excluding carboxylic acids is 1. The lowest BCUT2D eigenvalue weighted by molar-refractivity contribution is 0.0952. The highest BCUT2D eigenvalue weighted by molar-refractivity contribution is 7.08. The topological polar surface area (TPSA) is 98.0 Å². The standard InChI is InChI=1S/C16H15N7OS2/c1-2-3-12-15(26-22-18-12)16(24)17-8-14-20-19-13-5-4-11(21-23(13)14)10-6-7-25-9-10/h4-7,9H,2-3,8H2,1H3,(H,17,24). The van der Waals surface area contributed by atoms with Gasteiger partial charge in [0.05, 0.1) is 17.9 Å². The average molecular weight is 385 g/mol. The zero-order chi connectivity index (χ0) is 17.9. The van der Waals surface area contributed by atoms with E-state index in [1.54, 1.807) is 15.9 Å². The second kappa shape index (κ2) is 7.26. The van der Waals surface area contributed by atoms with Crippen LogP contribution in [0.5, 0.6) is 0 Å². The second-order valence-corrected chi connectivity index (χ2v) is 7.13. The quantitative estimate of drug-likeness (QED) is 0.548. The summed E-state index contributed by atoms with van der Waals surface area (Å²) in [6.07, 6.45) is 1.65. The minimum atomic E-state index is -0.200. The summed E-state index contributed by atoms with van der Waals surface area (Å²) in [7, 11) is 0. The first-order valence-corrected chi connectivity index (χ1v) is 9.81. The Kier molecular flexibility index (Phi) is 4.67. The number of hydrogen-bond acceptors (Lipinski definition) is 8. The number of hydrogen-bond donors (Lipinski definition) is 1. The van der Waals surface area contributed by atoms with E-state index in [1.807, 2.05) is 35.9 Å². The van der Waals surface area contributed by atoms with Crippen LogP contribution in [0.2, 0.25) is 0 Å². The van der Waals surface area contributed by atoms with Gasteiger partial charge in [0.25, 0.3) is 5.91 Å². The fourth-order valence-electron chi connectivity index (χ4n) is 2.53. The van der Waals surface area contributed by atoms with Gasteiger partial charge in [-0.05, 0) is 41.5 Å². The van der Waals surface area contributed by atoms with Crippen LogP contribution in [0.3, 0.4) is 0 Å². The zero-order valence-corrected chi connectivity index (χ0v) is 15.5. The monoisotopic (exact) mass is 385 g/mol. The summed E-state index contributed by atoms with van der Waals surface area (Å²) >= 11 is 2.72. The summed E-state index contributed by atoms with van der Waals surface area (Å²) in [6.45, 7) is 2.27. The lowest BCUT2D eigenvalue weighted by Gasteiger charge is -2.04. The van der Waals surface area contributed by atoms with Crippen molar-refractivity contribution in [2.45, 2.75) is 26.3 Å². The van der Waals surface area contributed by atoms with Crippen molar-refractivity contribution in [2.75, 3.05) is 0 Å². The van der Waals surface area contributed by atoms with Crippen LogP contribution in [0.15, 0.2) is 29.0 Å². The van der Waals surface area contributed by atoms with Gasteiger partial charge in [-0.3, -0.25) is 4.79 Å². The molecule has 0 radical (unpaired) electrons. The van der Waals surface area contributed by atoms with Crippen molar-refractivity contribution in [3.8, 4) is 11.3 Å². The van der Waals surface area contributed by atoms with Crippen molar-refractivity contribution < 1.29 is 4.79 Å². The highest BCUT2D eigenvalue weighted by Crippen LogP contribution is 2.20. The van der Waals surface area contributed by atoms with Crippen LogP contribution in [-0.4, -0.2) is 35.3 Å². The van der Waals surface area contributed by atoms with Gasteiger partial charge in [-0.1, -0.05) is 17.8 Å². The van der Waals surface area contributed by atoms with Gasteiger partial charge in [0.2, 0.25) is 0 Å². The summed E-state index contributed by atoms with van der Waals surface area (Å²) in [4.78, 5) is 13.0. The molecule has 0 saturated heterocycles. The molecule has 0 aliphatic rings. The lowest BCUT2D eigenvalue weighted by Crippen LogP contribution is -2.24. The van der Waals surface area contributed by atoms with E-state index in [9.17, 15) is 4.79 Å². The number of nitrogens with one attached hydrogen (secondary N) is 1. The van der Waals surface area contributed by atoms with Crippen molar-refractivity contribution in [1.82, 2.24) is 34.7 Å². The number of amides is 1. The molecule has 0 aliphatic carbocycles. The SMILES string of the molecule is CCCc1nnsc1C(=O)NCc1nnc2ccc(-c3ccsc3)nn12. The molecule has 8 nitrogen and oxygen atoms in total. The Morgan fingerprint density at radius 3 is 2.96 bits per heavy atom. The van der Waals surface area contributed by atoms with Gasteiger partial charge in [-0.2, -0.15) is 21.0 Å². The van der Waals surface area contributed by atoms with Crippen LogP contribution in [0.4, 0.5) is 0 Å². The van der Waals surface area contributed by atoms with Crippen molar-refractivity contribution >= 4 is 34.4 Å². The Morgan fingerprint density at radius 2 is 2.15 bits per heavy atom. The summed E-state index contributed by atoms with van der Waals surface area (Å²) in [5, 5.41) is 23.8. The van der Waals surface area contributed by atoms with Gasteiger partial charge in [-0.15, -0.1) is 15.3 Å². The molecule has 0 bridgehead atoms. The molecule has 0 spiro atoms. The van der Waals surface area contributed by atoms with Crippen LogP contribution in [0, 0.1) is 0 Å². The molecule has 0 aromatic carbocycles. The van der Waals surface area contributed by atoms with E-state index in [0.717, 1.165) is 41.3 Å². The molecule has 4 rings (SSSR count). The highest BCUT2D eigenvalue weighted by Gasteiger charge is 2.17. The third kappa shape index (κ3) is 3.20. The fourth-order valence-corrected chi connectivity index (χ4v) is 3.80. The highest BCUT2D eigenvalue weighted by atomic mass is 32.1. The molecular formula is C16H15N7OS2. The summed E-state index contributed by atoms with van der Waals surface area (Å²) < 4.78 is 5.54. The van der Waals surface area contributed by atoms with Crippen molar-refractivity contribution in [3.05, 3.63) is 45.4 Å². The smallest absolute Gasteiger partial charge is 0.265 e. The molecule has 132 valence electrons. The molecule has 0 unspecified atom stereocenters. The van der Waals surface area contributed by atoms with Gasteiger partial charge in [0.1, 0.15) is 4.88 Å². The Balaban J connectivity index is 1.54. The minimum Gasteiger partial charge on any atom is -0.344 e.